The molecule has 23 heavy (non-hydrogen) atoms. The average Bonchev–Trinajstić information content (AvgIpc) is 2.43. The number of benzene rings is 1. The number of rotatable bonds is 6. The molecule has 0 saturated heterocycles. The fourth-order valence-electron chi connectivity index (χ4n) is 1.91. The SMILES string of the molecule is CCOC(=O)[C@H](CC(C)C)NC(=O)Nc1cc(Cl)cc(Cl)c1O. The predicted octanol–water partition coefficient (Wildman–Crippen LogP) is 3.80. The van der Waals surface area contributed by atoms with Gasteiger partial charge in [-0.05, 0) is 31.4 Å². The van der Waals surface area contributed by atoms with Gasteiger partial charge in [-0.25, -0.2) is 9.59 Å². The van der Waals surface area contributed by atoms with Gasteiger partial charge in [0.05, 0.1) is 17.3 Å². The highest BCUT2D eigenvalue weighted by molar-refractivity contribution is 6.36. The minimum Gasteiger partial charge on any atom is -0.504 e. The number of anilines is 1. The highest BCUT2D eigenvalue weighted by Gasteiger charge is 2.23. The highest BCUT2D eigenvalue weighted by Crippen LogP contribution is 2.34. The molecule has 0 saturated carbocycles. The number of phenolic OH excluding ortho intramolecular Hbond substituents is 1. The number of aromatic hydroxyl groups is 1. The van der Waals surface area contributed by atoms with Crippen LogP contribution in [-0.4, -0.2) is 29.8 Å². The van der Waals surface area contributed by atoms with Gasteiger partial charge in [0, 0.05) is 5.02 Å². The summed E-state index contributed by atoms with van der Waals surface area (Å²) in [6.45, 7) is 5.76. The maximum Gasteiger partial charge on any atom is 0.328 e. The first-order valence-electron chi connectivity index (χ1n) is 7.16. The lowest BCUT2D eigenvalue weighted by atomic mass is 10.0. The van der Waals surface area contributed by atoms with Crippen molar-refractivity contribution in [2.45, 2.75) is 33.2 Å². The van der Waals surface area contributed by atoms with E-state index in [4.69, 9.17) is 27.9 Å². The zero-order chi connectivity index (χ0) is 17.6. The average molecular weight is 363 g/mol. The Labute approximate surface area is 145 Å². The van der Waals surface area contributed by atoms with Crippen molar-refractivity contribution in [1.82, 2.24) is 5.32 Å². The van der Waals surface area contributed by atoms with Crippen LogP contribution in [0.4, 0.5) is 10.5 Å². The molecule has 0 aliphatic carbocycles. The third-order valence-electron chi connectivity index (χ3n) is 2.86. The number of urea groups is 1. The van der Waals surface area contributed by atoms with E-state index < -0.39 is 18.0 Å². The number of carbonyl (C=O) groups excluding carboxylic acids is 2. The molecular formula is C15H20Cl2N2O4. The smallest absolute Gasteiger partial charge is 0.328 e. The van der Waals surface area contributed by atoms with Gasteiger partial charge in [-0.2, -0.15) is 0 Å². The molecule has 0 unspecified atom stereocenters. The van der Waals surface area contributed by atoms with Crippen molar-refractivity contribution in [1.29, 1.82) is 0 Å². The van der Waals surface area contributed by atoms with Crippen molar-refractivity contribution >= 4 is 40.9 Å². The first-order chi connectivity index (χ1) is 10.7. The molecule has 0 heterocycles. The van der Waals surface area contributed by atoms with Crippen LogP contribution in [0.25, 0.3) is 0 Å². The second kappa shape index (κ2) is 8.84. The summed E-state index contributed by atoms with van der Waals surface area (Å²) < 4.78 is 4.94. The lowest BCUT2D eigenvalue weighted by Crippen LogP contribution is -2.44. The number of ether oxygens (including phenoxy) is 1. The summed E-state index contributed by atoms with van der Waals surface area (Å²) >= 11 is 11.6. The molecule has 0 aliphatic heterocycles. The number of hydrogen-bond donors (Lipinski definition) is 3. The number of amides is 2. The van der Waals surface area contributed by atoms with E-state index in [9.17, 15) is 14.7 Å². The van der Waals surface area contributed by atoms with Crippen LogP contribution in [0.1, 0.15) is 27.2 Å². The van der Waals surface area contributed by atoms with Crippen molar-refractivity contribution in [3.63, 3.8) is 0 Å². The molecule has 6 nitrogen and oxygen atoms in total. The zero-order valence-electron chi connectivity index (χ0n) is 13.2. The van der Waals surface area contributed by atoms with Gasteiger partial charge in [0.15, 0.2) is 5.75 Å². The van der Waals surface area contributed by atoms with Crippen LogP contribution in [0.15, 0.2) is 12.1 Å². The van der Waals surface area contributed by atoms with Gasteiger partial charge >= 0.3 is 12.0 Å². The maximum absolute atomic E-state index is 12.1. The molecular weight excluding hydrogens is 343 g/mol. The molecule has 128 valence electrons. The predicted molar refractivity (Wildman–Crippen MR) is 90.2 cm³/mol. The number of esters is 1. The van der Waals surface area contributed by atoms with Gasteiger partial charge in [-0.1, -0.05) is 37.0 Å². The summed E-state index contributed by atoms with van der Waals surface area (Å²) in [4.78, 5) is 23.9. The molecule has 1 aromatic carbocycles. The summed E-state index contributed by atoms with van der Waals surface area (Å²) in [5, 5.41) is 15.0. The third kappa shape index (κ3) is 6.15. The molecule has 0 bridgehead atoms. The van der Waals surface area contributed by atoms with E-state index >= 15 is 0 Å². The Balaban J connectivity index is 2.81. The van der Waals surface area contributed by atoms with Crippen molar-refractivity contribution < 1.29 is 19.4 Å². The molecule has 1 rings (SSSR count). The number of carbonyl (C=O) groups is 2. The van der Waals surface area contributed by atoms with Gasteiger partial charge in [-0.15, -0.1) is 0 Å². The summed E-state index contributed by atoms with van der Waals surface area (Å²) in [7, 11) is 0. The van der Waals surface area contributed by atoms with E-state index in [-0.39, 0.29) is 34.0 Å². The number of phenols is 1. The Morgan fingerprint density at radius 3 is 2.52 bits per heavy atom. The van der Waals surface area contributed by atoms with Crippen LogP contribution >= 0.6 is 23.2 Å². The largest absolute Gasteiger partial charge is 0.504 e. The summed E-state index contributed by atoms with van der Waals surface area (Å²) in [5.41, 5.74) is 0.0483. The van der Waals surface area contributed by atoms with Gasteiger partial charge in [-0.3, -0.25) is 0 Å². The van der Waals surface area contributed by atoms with Gasteiger partial charge in [0.25, 0.3) is 0 Å². The fraction of sp³-hybridized carbons (Fsp3) is 0.467. The second-order valence-electron chi connectivity index (χ2n) is 5.32. The lowest BCUT2D eigenvalue weighted by molar-refractivity contribution is -0.145. The van der Waals surface area contributed by atoms with Crippen LogP contribution in [0.2, 0.25) is 10.0 Å². The molecule has 0 fully saturated rings. The molecule has 1 atom stereocenters. The molecule has 0 aliphatic rings. The van der Waals surface area contributed by atoms with Crippen molar-refractivity contribution in [3.05, 3.63) is 22.2 Å². The number of nitrogens with one attached hydrogen (secondary N) is 2. The molecule has 0 spiro atoms. The molecule has 3 N–H and O–H groups in total. The van der Waals surface area contributed by atoms with E-state index in [0.717, 1.165) is 0 Å². The first-order valence-corrected chi connectivity index (χ1v) is 7.92. The third-order valence-corrected chi connectivity index (χ3v) is 3.37. The fourth-order valence-corrected chi connectivity index (χ4v) is 2.40. The minimum absolute atomic E-state index is 0.0110. The molecule has 2 amide bonds. The van der Waals surface area contributed by atoms with Crippen LogP contribution in [0, 0.1) is 5.92 Å². The van der Waals surface area contributed by atoms with Gasteiger partial charge in [0.2, 0.25) is 0 Å². The summed E-state index contributed by atoms with van der Waals surface area (Å²) in [6.07, 6.45) is 0.425. The Morgan fingerprint density at radius 1 is 1.30 bits per heavy atom. The summed E-state index contributed by atoms with van der Waals surface area (Å²) in [5.74, 6) is -0.633. The Kier molecular flexibility index (Phi) is 7.45. The first kappa shape index (κ1) is 19.4. The normalized spacial score (nSPS) is 11.9. The van der Waals surface area contributed by atoms with E-state index in [1.54, 1.807) is 6.92 Å². The van der Waals surface area contributed by atoms with Crippen molar-refractivity contribution in [3.8, 4) is 5.75 Å². The van der Waals surface area contributed by atoms with E-state index in [1.165, 1.54) is 12.1 Å². The lowest BCUT2D eigenvalue weighted by Gasteiger charge is -2.19. The maximum atomic E-state index is 12.1. The number of hydrogen-bond acceptors (Lipinski definition) is 4. The van der Waals surface area contributed by atoms with Crippen LogP contribution in [0.3, 0.4) is 0 Å². The summed E-state index contributed by atoms with van der Waals surface area (Å²) in [6, 6.07) is 1.25. The van der Waals surface area contributed by atoms with E-state index in [1.807, 2.05) is 13.8 Å². The van der Waals surface area contributed by atoms with E-state index in [0.29, 0.717) is 6.42 Å². The zero-order valence-corrected chi connectivity index (χ0v) is 14.7. The van der Waals surface area contributed by atoms with Gasteiger partial charge in [0.1, 0.15) is 6.04 Å². The topological polar surface area (TPSA) is 87.7 Å². The van der Waals surface area contributed by atoms with Crippen LogP contribution in [-0.2, 0) is 9.53 Å². The Hall–Kier alpha value is -1.66. The molecule has 8 heteroatoms. The van der Waals surface area contributed by atoms with Crippen molar-refractivity contribution in [2.24, 2.45) is 5.92 Å². The molecule has 1 aromatic rings. The molecule has 0 radical (unpaired) electrons. The second-order valence-corrected chi connectivity index (χ2v) is 6.16. The Bertz CT molecular complexity index is 579. The minimum atomic E-state index is -0.785. The van der Waals surface area contributed by atoms with Crippen molar-refractivity contribution in [2.75, 3.05) is 11.9 Å². The monoisotopic (exact) mass is 362 g/mol. The quantitative estimate of drug-likeness (QED) is 0.530. The highest BCUT2D eigenvalue weighted by atomic mass is 35.5. The standard InChI is InChI=1S/C15H20Cl2N2O4/c1-4-23-14(21)12(5-8(2)3)19-15(22)18-11-7-9(16)6-10(17)13(11)20/h6-8,12,20H,4-5H2,1-3H3,(H2,18,19,22)/t12-/m0/s1. The van der Waals surface area contributed by atoms with E-state index in [2.05, 4.69) is 10.6 Å². The van der Waals surface area contributed by atoms with Crippen LogP contribution < -0.4 is 10.6 Å². The van der Waals surface area contributed by atoms with Gasteiger partial charge < -0.3 is 20.5 Å². The Morgan fingerprint density at radius 2 is 1.96 bits per heavy atom. The van der Waals surface area contributed by atoms with Crippen LogP contribution in [0.5, 0.6) is 5.75 Å². The molecule has 0 aromatic heterocycles. The number of halogens is 2.